The monoisotopic (exact) mass is 448 g/mol. The molecule has 1 aromatic rings. The molecule has 0 fully saturated rings. The van der Waals surface area contributed by atoms with Crippen LogP contribution >= 0.6 is 0 Å². The first kappa shape index (κ1) is 27.1. The normalized spacial score (nSPS) is 10.7. The van der Waals surface area contributed by atoms with Crippen molar-refractivity contribution in [3.8, 4) is 0 Å². The molecule has 1 rings (SSSR count). The second-order valence-electron chi connectivity index (χ2n) is 7.05. The first-order valence-corrected chi connectivity index (χ1v) is 11.1. The summed E-state index contributed by atoms with van der Waals surface area (Å²) in [6, 6.07) is 6.15. The van der Waals surface area contributed by atoms with E-state index in [1.165, 1.54) is 24.3 Å². The fourth-order valence-electron chi connectivity index (χ4n) is 2.91. The van der Waals surface area contributed by atoms with E-state index < -0.39 is 23.6 Å². The Morgan fingerprint density at radius 3 is 1.19 bits per heavy atom. The van der Waals surface area contributed by atoms with Crippen molar-refractivity contribution in [2.75, 3.05) is 63.0 Å². The largest absolute Gasteiger partial charge is 0.347 e. The number of hydrogen-bond donors (Lipinski definition) is 4. The van der Waals surface area contributed by atoms with Crippen molar-refractivity contribution >= 4 is 35.0 Å². The molecule has 4 N–H and O–H groups in total. The summed E-state index contributed by atoms with van der Waals surface area (Å²) in [5, 5.41) is 10.2. The second kappa shape index (κ2) is 14.9. The van der Waals surface area contributed by atoms with E-state index in [1.54, 1.807) is 0 Å². The zero-order chi connectivity index (χ0) is 23.9. The number of carbonyl (C=O) groups is 4. The van der Waals surface area contributed by atoms with Gasteiger partial charge in [0.25, 0.3) is 0 Å². The topological polar surface area (TPSA) is 123 Å². The fraction of sp³-hybridized carbons (Fsp3) is 0.545. The molecule has 0 saturated carbocycles. The molecule has 0 bridgehead atoms. The Hall–Kier alpha value is -2.98. The standard InChI is InChI=1S/C22H36N6O4/c1-5-27(6-2)15-13-23-19(29)21(31)25-17-9-11-18(12-10-17)26-22(32)20(30)24-14-16-28(7-3)8-4/h9-12H,5-8,13-16H2,1-4H3,(H,23,29)(H,24,30)(H,25,31)(H,26,32). The van der Waals surface area contributed by atoms with Gasteiger partial charge in [-0.2, -0.15) is 0 Å². The Bertz CT molecular complexity index is 682. The minimum absolute atomic E-state index is 0.385. The lowest BCUT2D eigenvalue weighted by Gasteiger charge is -2.17. The quantitative estimate of drug-likeness (QED) is 0.345. The Morgan fingerprint density at radius 1 is 0.594 bits per heavy atom. The number of nitrogens with one attached hydrogen (secondary N) is 4. The molecule has 32 heavy (non-hydrogen) atoms. The maximum atomic E-state index is 12.0. The summed E-state index contributed by atoms with van der Waals surface area (Å²) < 4.78 is 0. The predicted molar refractivity (Wildman–Crippen MR) is 125 cm³/mol. The van der Waals surface area contributed by atoms with Crippen molar-refractivity contribution in [2.45, 2.75) is 27.7 Å². The van der Waals surface area contributed by atoms with Crippen LogP contribution in [0.1, 0.15) is 27.7 Å². The van der Waals surface area contributed by atoms with Crippen LogP contribution in [0.25, 0.3) is 0 Å². The van der Waals surface area contributed by atoms with Crippen LogP contribution in [0.3, 0.4) is 0 Å². The van der Waals surface area contributed by atoms with Crippen LogP contribution in [-0.2, 0) is 19.2 Å². The van der Waals surface area contributed by atoms with Gasteiger partial charge >= 0.3 is 23.6 Å². The highest BCUT2D eigenvalue weighted by Crippen LogP contribution is 2.13. The zero-order valence-corrected chi connectivity index (χ0v) is 19.5. The van der Waals surface area contributed by atoms with E-state index in [9.17, 15) is 19.2 Å². The van der Waals surface area contributed by atoms with Gasteiger partial charge in [0.05, 0.1) is 0 Å². The molecule has 0 aliphatic heterocycles. The van der Waals surface area contributed by atoms with Crippen LogP contribution in [0.2, 0.25) is 0 Å². The van der Waals surface area contributed by atoms with Gasteiger partial charge in [-0.1, -0.05) is 27.7 Å². The zero-order valence-electron chi connectivity index (χ0n) is 19.5. The van der Waals surface area contributed by atoms with Crippen LogP contribution in [0.4, 0.5) is 11.4 Å². The molecule has 10 nitrogen and oxygen atoms in total. The summed E-state index contributed by atoms with van der Waals surface area (Å²) in [5.74, 6) is -2.96. The third-order valence-electron chi connectivity index (χ3n) is 5.03. The Labute approximate surface area is 190 Å². The van der Waals surface area contributed by atoms with Crippen molar-refractivity contribution < 1.29 is 19.2 Å². The van der Waals surface area contributed by atoms with Gasteiger partial charge in [-0.05, 0) is 50.4 Å². The molecule has 0 unspecified atom stereocenters. The SMILES string of the molecule is CCN(CC)CCNC(=O)C(=O)Nc1ccc(NC(=O)C(=O)NCCN(CC)CC)cc1. The van der Waals surface area contributed by atoms with E-state index in [-0.39, 0.29) is 0 Å². The highest BCUT2D eigenvalue weighted by Gasteiger charge is 2.15. The number of amides is 4. The van der Waals surface area contributed by atoms with Crippen molar-refractivity contribution in [2.24, 2.45) is 0 Å². The van der Waals surface area contributed by atoms with Gasteiger partial charge < -0.3 is 31.1 Å². The maximum absolute atomic E-state index is 12.0. The van der Waals surface area contributed by atoms with Gasteiger partial charge in [0.15, 0.2) is 0 Å². The van der Waals surface area contributed by atoms with Crippen LogP contribution in [0.15, 0.2) is 24.3 Å². The van der Waals surface area contributed by atoms with Crippen molar-refractivity contribution in [1.29, 1.82) is 0 Å². The molecule has 10 heteroatoms. The second-order valence-corrected chi connectivity index (χ2v) is 7.05. The van der Waals surface area contributed by atoms with E-state index in [2.05, 4.69) is 31.1 Å². The predicted octanol–water partition coefficient (Wildman–Crippen LogP) is 0.480. The number of likely N-dealkylation sites (N-methyl/N-ethyl adjacent to an activating group) is 2. The molecule has 0 aliphatic rings. The molecule has 0 aliphatic carbocycles. The average Bonchev–Trinajstić information content (AvgIpc) is 2.80. The average molecular weight is 449 g/mol. The summed E-state index contributed by atoms with van der Waals surface area (Å²) in [7, 11) is 0. The maximum Gasteiger partial charge on any atom is 0.313 e. The third kappa shape index (κ3) is 9.88. The molecule has 178 valence electrons. The molecular formula is C22H36N6O4. The summed E-state index contributed by atoms with van der Waals surface area (Å²) in [6.45, 7) is 13.7. The number of nitrogens with zero attached hydrogens (tertiary/aromatic N) is 2. The molecule has 4 amide bonds. The highest BCUT2D eigenvalue weighted by molar-refractivity contribution is 6.40. The van der Waals surface area contributed by atoms with Gasteiger partial charge in [0.1, 0.15) is 0 Å². The first-order chi connectivity index (χ1) is 15.3. The van der Waals surface area contributed by atoms with Gasteiger partial charge in [-0.25, -0.2) is 0 Å². The van der Waals surface area contributed by atoms with Crippen molar-refractivity contribution in [3.05, 3.63) is 24.3 Å². The van der Waals surface area contributed by atoms with E-state index in [4.69, 9.17) is 0 Å². The van der Waals surface area contributed by atoms with Gasteiger partial charge in [-0.3, -0.25) is 19.2 Å². The Balaban J connectivity index is 2.43. The lowest BCUT2D eigenvalue weighted by atomic mass is 10.2. The van der Waals surface area contributed by atoms with E-state index >= 15 is 0 Å². The smallest absolute Gasteiger partial charge is 0.313 e. The van der Waals surface area contributed by atoms with Crippen molar-refractivity contribution in [3.63, 3.8) is 0 Å². The summed E-state index contributed by atoms with van der Waals surface area (Å²) in [5.41, 5.74) is 0.797. The lowest BCUT2D eigenvalue weighted by molar-refractivity contribution is -0.136. The Kier molecular flexibility index (Phi) is 12.6. The number of rotatable bonds is 12. The highest BCUT2D eigenvalue weighted by atomic mass is 16.2. The van der Waals surface area contributed by atoms with Crippen LogP contribution in [0, 0.1) is 0 Å². The molecule has 0 saturated heterocycles. The lowest BCUT2D eigenvalue weighted by Crippen LogP contribution is -2.40. The number of benzene rings is 1. The van der Waals surface area contributed by atoms with Crippen molar-refractivity contribution in [1.82, 2.24) is 20.4 Å². The molecule has 0 spiro atoms. The van der Waals surface area contributed by atoms with E-state index in [0.29, 0.717) is 37.6 Å². The fourth-order valence-corrected chi connectivity index (χ4v) is 2.91. The molecular weight excluding hydrogens is 412 g/mol. The van der Waals surface area contributed by atoms with Crippen LogP contribution < -0.4 is 21.3 Å². The minimum atomic E-state index is -0.770. The van der Waals surface area contributed by atoms with Gasteiger partial charge in [0.2, 0.25) is 0 Å². The van der Waals surface area contributed by atoms with E-state index in [1.807, 2.05) is 27.7 Å². The third-order valence-corrected chi connectivity index (χ3v) is 5.03. The summed E-state index contributed by atoms with van der Waals surface area (Å²) >= 11 is 0. The minimum Gasteiger partial charge on any atom is -0.347 e. The summed E-state index contributed by atoms with van der Waals surface area (Å²) in [4.78, 5) is 52.1. The van der Waals surface area contributed by atoms with E-state index in [0.717, 1.165) is 26.2 Å². The molecule has 0 aromatic heterocycles. The number of hydrogen-bond acceptors (Lipinski definition) is 6. The van der Waals surface area contributed by atoms with Crippen LogP contribution in [0.5, 0.6) is 0 Å². The van der Waals surface area contributed by atoms with Gasteiger partial charge in [-0.15, -0.1) is 0 Å². The van der Waals surface area contributed by atoms with Crippen LogP contribution in [-0.4, -0.2) is 85.8 Å². The Morgan fingerprint density at radius 2 is 0.906 bits per heavy atom. The molecule has 0 atom stereocenters. The molecule has 0 radical (unpaired) electrons. The number of anilines is 2. The number of carbonyl (C=O) groups excluding carboxylic acids is 4. The molecule has 0 heterocycles. The summed E-state index contributed by atoms with van der Waals surface area (Å²) in [6.07, 6.45) is 0. The van der Waals surface area contributed by atoms with Gasteiger partial charge in [0, 0.05) is 37.6 Å². The first-order valence-electron chi connectivity index (χ1n) is 11.1. The molecule has 1 aromatic carbocycles.